The topological polar surface area (TPSA) is 76.7 Å². The van der Waals surface area contributed by atoms with Crippen LogP contribution in [-0.4, -0.2) is 25.2 Å². The number of benzene rings is 3. The number of rotatable bonds is 9. The summed E-state index contributed by atoms with van der Waals surface area (Å²) >= 11 is 0. The predicted molar refractivity (Wildman–Crippen MR) is 119 cm³/mol. The van der Waals surface area contributed by atoms with Gasteiger partial charge in [-0.2, -0.15) is 0 Å². The second-order valence-corrected chi connectivity index (χ2v) is 7.01. The maximum Gasteiger partial charge on any atom is 0.408 e. The van der Waals surface area contributed by atoms with Gasteiger partial charge in [-0.25, -0.2) is 4.79 Å². The Morgan fingerprint density at radius 1 is 0.806 bits per heavy atom. The average molecular weight is 418 g/mol. The molecule has 0 aliphatic heterocycles. The fourth-order valence-electron chi connectivity index (χ4n) is 3.02. The third kappa shape index (κ3) is 7.19. The van der Waals surface area contributed by atoms with Crippen molar-refractivity contribution in [1.29, 1.82) is 0 Å². The van der Waals surface area contributed by atoms with Crippen LogP contribution in [-0.2, 0) is 29.1 Å². The molecule has 2 amide bonds. The van der Waals surface area contributed by atoms with Crippen molar-refractivity contribution in [3.63, 3.8) is 0 Å². The molecule has 0 aromatic heterocycles. The Morgan fingerprint density at radius 2 is 1.42 bits per heavy atom. The van der Waals surface area contributed by atoms with E-state index in [9.17, 15) is 9.59 Å². The summed E-state index contributed by atoms with van der Waals surface area (Å²) in [6.07, 6.45) is -0.278. The maximum absolute atomic E-state index is 12.8. The summed E-state index contributed by atoms with van der Waals surface area (Å²) in [7, 11) is 1.60. The van der Waals surface area contributed by atoms with E-state index < -0.39 is 12.1 Å². The molecule has 6 nitrogen and oxygen atoms in total. The first kappa shape index (κ1) is 21.9. The summed E-state index contributed by atoms with van der Waals surface area (Å²) < 4.78 is 10.4. The fraction of sp³-hybridized carbons (Fsp3) is 0.200. The van der Waals surface area contributed by atoms with Crippen molar-refractivity contribution >= 4 is 12.0 Å². The highest BCUT2D eigenvalue weighted by Gasteiger charge is 2.22. The highest BCUT2D eigenvalue weighted by atomic mass is 16.5. The number of methoxy groups -OCH3 is 1. The Balaban J connectivity index is 1.60. The van der Waals surface area contributed by atoms with Crippen molar-refractivity contribution in [3.05, 3.63) is 102 Å². The normalized spacial score (nSPS) is 11.3. The van der Waals surface area contributed by atoms with E-state index in [2.05, 4.69) is 10.6 Å². The van der Waals surface area contributed by atoms with Gasteiger partial charge in [-0.15, -0.1) is 0 Å². The molecule has 3 aromatic rings. The monoisotopic (exact) mass is 418 g/mol. The van der Waals surface area contributed by atoms with Crippen LogP contribution in [0.4, 0.5) is 4.79 Å². The Labute approximate surface area is 182 Å². The van der Waals surface area contributed by atoms with Crippen LogP contribution >= 0.6 is 0 Å². The molecule has 0 heterocycles. The van der Waals surface area contributed by atoms with Crippen molar-refractivity contribution in [3.8, 4) is 5.75 Å². The number of nitrogens with one attached hydrogen (secondary N) is 2. The lowest BCUT2D eigenvalue weighted by molar-refractivity contribution is -0.123. The molecule has 0 radical (unpaired) electrons. The standard InChI is InChI=1S/C25H26N2O4/c1-30-22-14-12-20(13-15-22)17-26-24(28)23(16-19-8-4-2-5-9-19)27-25(29)31-18-21-10-6-3-7-11-21/h2-15,23H,16-18H2,1H3,(H,26,28)(H,27,29). The molecule has 0 fully saturated rings. The summed E-state index contributed by atoms with van der Waals surface area (Å²) in [6.45, 7) is 0.479. The number of hydrogen-bond acceptors (Lipinski definition) is 4. The van der Waals surface area contributed by atoms with E-state index in [-0.39, 0.29) is 12.5 Å². The van der Waals surface area contributed by atoms with Gasteiger partial charge in [-0.3, -0.25) is 4.79 Å². The smallest absolute Gasteiger partial charge is 0.408 e. The van der Waals surface area contributed by atoms with Crippen LogP contribution in [0.3, 0.4) is 0 Å². The molecule has 2 N–H and O–H groups in total. The first-order chi connectivity index (χ1) is 15.1. The number of carbonyl (C=O) groups is 2. The maximum atomic E-state index is 12.8. The van der Waals surface area contributed by atoms with Crippen molar-refractivity contribution < 1.29 is 19.1 Å². The van der Waals surface area contributed by atoms with Gasteiger partial charge in [0, 0.05) is 13.0 Å². The fourth-order valence-corrected chi connectivity index (χ4v) is 3.02. The molecule has 0 aliphatic carbocycles. The lowest BCUT2D eigenvalue weighted by Crippen LogP contribution is -2.48. The van der Waals surface area contributed by atoms with Crippen LogP contribution in [0.2, 0.25) is 0 Å². The van der Waals surface area contributed by atoms with E-state index in [1.807, 2.05) is 84.9 Å². The lowest BCUT2D eigenvalue weighted by atomic mass is 10.1. The first-order valence-electron chi connectivity index (χ1n) is 10.1. The molecule has 0 bridgehead atoms. The summed E-state index contributed by atoms with van der Waals surface area (Å²) in [6, 6.07) is 25.6. The van der Waals surface area contributed by atoms with Crippen LogP contribution in [0.1, 0.15) is 16.7 Å². The molecular weight excluding hydrogens is 392 g/mol. The summed E-state index contributed by atoms with van der Waals surface area (Å²) in [4.78, 5) is 25.2. The quantitative estimate of drug-likeness (QED) is 0.553. The van der Waals surface area contributed by atoms with Crippen LogP contribution in [0.15, 0.2) is 84.9 Å². The van der Waals surface area contributed by atoms with Gasteiger partial charge in [0.05, 0.1) is 7.11 Å². The van der Waals surface area contributed by atoms with Gasteiger partial charge in [-0.1, -0.05) is 72.8 Å². The van der Waals surface area contributed by atoms with Crippen LogP contribution in [0.25, 0.3) is 0 Å². The van der Waals surface area contributed by atoms with E-state index in [4.69, 9.17) is 9.47 Å². The van der Waals surface area contributed by atoms with Gasteiger partial charge in [0.15, 0.2) is 0 Å². The molecule has 0 aliphatic rings. The van der Waals surface area contributed by atoms with E-state index >= 15 is 0 Å². The average Bonchev–Trinajstić information content (AvgIpc) is 2.82. The number of carbonyl (C=O) groups excluding carboxylic acids is 2. The molecule has 0 saturated heterocycles. The SMILES string of the molecule is COc1ccc(CNC(=O)C(Cc2ccccc2)NC(=O)OCc2ccccc2)cc1. The van der Waals surface area contributed by atoms with E-state index in [1.54, 1.807) is 7.11 Å². The molecule has 3 rings (SSSR count). The van der Waals surface area contributed by atoms with Gasteiger partial charge >= 0.3 is 6.09 Å². The molecule has 31 heavy (non-hydrogen) atoms. The van der Waals surface area contributed by atoms with Gasteiger partial charge in [-0.05, 0) is 28.8 Å². The molecule has 1 unspecified atom stereocenters. The zero-order valence-electron chi connectivity index (χ0n) is 17.4. The molecule has 3 aromatic carbocycles. The van der Waals surface area contributed by atoms with Crippen molar-refractivity contribution in [2.75, 3.05) is 7.11 Å². The zero-order chi connectivity index (χ0) is 21.9. The lowest BCUT2D eigenvalue weighted by Gasteiger charge is -2.19. The van der Waals surface area contributed by atoms with Gasteiger partial charge < -0.3 is 20.1 Å². The molecule has 0 spiro atoms. The highest BCUT2D eigenvalue weighted by molar-refractivity contribution is 5.85. The second-order valence-electron chi connectivity index (χ2n) is 7.01. The summed E-state index contributed by atoms with van der Waals surface area (Å²) in [5, 5.41) is 5.58. The molecule has 0 saturated carbocycles. The minimum absolute atomic E-state index is 0.137. The number of hydrogen-bond donors (Lipinski definition) is 2. The molecule has 1 atom stereocenters. The third-order valence-corrected chi connectivity index (χ3v) is 4.73. The molecule has 6 heteroatoms. The number of alkyl carbamates (subject to hydrolysis) is 1. The Bertz CT molecular complexity index is 960. The van der Waals surface area contributed by atoms with Crippen LogP contribution in [0, 0.1) is 0 Å². The highest BCUT2D eigenvalue weighted by Crippen LogP contribution is 2.11. The van der Waals surface area contributed by atoms with E-state index in [0.717, 1.165) is 22.4 Å². The van der Waals surface area contributed by atoms with Crippen molar-refractivity contribution in [2.45, 2.75) is 25.6 Å². The summed E-state index contributed by atoms with van der Waals surface area (Å²) in [5.74, 6) is 0.469. The van der Waals surface area contributed by atoms with Crippen LogP contribution in [0.5, 0.6) is 5.75 Å². The summed E-state index contributed by atoms with van der Waals surface area (Å²) in [5.41, 5.74) is 2.75. The molecule has 160 valence electrons. The van der Waals surface area contributed by atoms with Gasteiger partial charge in [0.1, 0.15) is 18.4 Å². The Morgan fingerprint density at radius 3 is 2.03 bits per heavy atom. The molecular formula is C25H26N2O4. The minimum Gasteiger partial charge on any atom is -0.497 e. The van der Waals surface area contributed by atoms with Crippen molar-refractivity contribution in [2.24, 2.45) is 0 Å². The third-order valence-electron chi connectivity index (χ3n) is 4.73. The van der Waals surface area contributed by atoms with Crippen LogP contribution < -0.4 is 15.4 Å². The van der Waals surface area contributed by atoms with Crippen molar-refractivity contribution in [1.82, 2.24) is 10.6 Å². The number of amides is 2. The minimum atomic E-state index is -0.760. The first-order valence-corrected chi connectivity index (χ1v) is 10.1. The number of ether oxygens (including phenoxy) is 2. The predicted octanol–water partition coefficient (Wildman–Crippen LogP) is 3.85. The van der Waals surface area contributed by atoms with Gasteiger partial charge in [0.25, 0.3) is 0 Å². The zero-order valence-corrected chi connectivity index (χ0v) is 17.4. The van der Waals surface area contributed by atoms with E-state index in [1.165, 1.54) is 0 Å². The largest absolute Gasteiger partial charge is 0.497 e. The Hall–Kier alpha value is -3.80. The van der Waals surface area contributed by atoms with E-state index in [0.29, 0.717) is 13.0 Å². The Kier molecular flexibility index (Phi) is 8.05. The second kappa shape index (κ2) is 11.4. The van der Waals surface area contributed by atoms with Gasteiger partial charge in [0.2, 0.25) is 5.91 Å².